The largest absolute Gasteiger partial charge is 0.435 e. The van der Waals surface area contributed by atoms with Crippen molar-refractivity contribution >= 4 is 5.96 Å². The Morgan fingerprint density at radius 2 is 2.20 bits per heavy atom. The lowest BCUT2D eigenvalue weighted by molar-refractivity contribution is -0.0504. The molecule has 2 atom stereocenters. The Labute approximate surface area is 116 Å². The van der Waals surface area contributed by atoms with Crippen LogP contribution in [0.15, 0.2) is 29.3 Å². The molecule has 1 aromatic carbocycles. The lowest BCUT2D eigenvalue weighted by Crippen LogP contribution is -2.42. The number of rotatable bonds is 4. The predicted octanol–water partition coefficient (Wildman–Crippen LogP) is 2.08. The van der Waals surface area contributed by atoms with Gasteiger partial charge in [-0.05, 0) is 24.5 Å². The zero-order valence-corrected chi connectivity index (χ0v) is 11.0. The molecule has 3 rings (SSSR count). The molecule has 108 valence electrons. The highest BCUT2D eigenvalue weighted by molar-refractivity contribution is 5.81. The van der Waals surface area contributed by atoms with Gasteiger partial charge in [0, 0.05) is 25.0 Å². The van der Waals surface area contributed by atoms with E-state index in [2.05, 4.69) is 20.4 Å². The van der Waals surface area contributed by atoms with Gasteiger partial charge in [-0.15, -0.1) is 0 Å². The summed E-state index contributed by atoms with van der Waals surface area (Å²) in [6.45, 7) is -1.03. The van der Waals surface area contributed by atoms with E-state index in [-0.39, 0.29) is 17.7 Å². The summed E-state index contributed by atoms with van der Waals surface area (Å²) in [6, 6.07) is 7.23. The van der Waals surface area contributed by atoms with Crippen LogP contribution in [0.25, 0.3) is 0 Å². The standard InChI is InChI=1S/C14H17F2N3O/c15-13(16)20-12-5-2-1-4-9(12)10-8-11(10)19-14-17-6-3-7-18-14/h1-2,4-5,10-11,13H,3,6-8H2,(H2,17,18,19)/t10-,11+/m1/s1. The van der Waals surface area contributed by atoms with Crippen LogP contribution >= 0.6 is 0 Å². The van der Waals surface area contributed by atoms with Crippen LogP contribution in [0.1, 0.15) is 24.3 Å². The fourth-order valence-corrected chi connectivity index (χ4v) is 2.49. The minimum atomic E-state index is -2.79. The number of nitrogens with zero attached hydrogens (tertiary/aromatic N) is 1. The van der Waals surface area contributed by atoms with Crippen LogP contribution in [0.3, 0.4) is 0 Å². The first-order chi connectivity index (χ1) is 9.74. The molecule has 1 fully saturated rings. The number of ether oxygens (including phenoxy) is 1. The molecule has 20 heavy (non-hydrogen) atoms. The molecule has 1 aromatic rings. The highest BCUT2D eigenvalue weighted by Gasteiger charge is 2.41. The van der Waals surface area contributed by atoms with Crippen molar-refractivity contribution in [3.8, 4) is 5.75 Å². The Kier molecular flexibility index (Phi) is 3.71. The fraction of sp³-hybridized carbons (Fsp3) is 0.500. The van der Waals surface area contributed by atoms with Gasteiger partial charge in [-0.2, -0.15) is 8.78 Å². The van der Waals surface area contributed by atoms with Gasteiger partial charge in [0.2, 0.25) is 0 Å². The molecule has 1 saturated carbocycles. The van der Waals surface area contributed by atoms with Crippen LogP contribution < -0.4 is 15.4 Å². The van der Waals surface area contributed by atoms with Crippen molar-refractivity contribution < 1.29 is 13.5 Å². The van der Waals surface area contributed by atoms with E-state index in [0.717, 1.165) is 37.5 Å². The van der Waals surface area contributed by atoms with Crippen LogP contribution in [-0.2, 0) is 0 Å². The molecule has 0 aromatic heterocycles. The summed E-state index contributed by atoms with van der Waals surface area (Å²) in [5.74, 6) is 1.29. The third-order valence-corrected chi connectivity index (χ3v) is 3.54. The first-order valence-electron chi connectivity index (χ1n) is 6.82. The van der Waals surface area contributed by atoms with Crippen LogP contribution in [-0.4, -0.2) is 31.7 Å². The fourth-order valence-electron chi connectivity index (χ4n) is 2.49. The van der Waals surface area contributed by atoms with E-state index in [9.17, 15) is 8.78 Å². The molecule has 0 spiro atoms. The predicted molar refractivity (Wildman–Crippen MR) is 72.3 cm³/mol. The van der Waals surface area contributed by atoms with E-state index >= 15 is 0 Å². The Morgan fingerprint density at radius 3 is 2.95 bits per heavy atom. The van der Waals surface area contributed by atoms with Crippen molar-refractivity contribution in [3.63, 3.8) is 0 Å². The monoisotopic (exact) mass is 281 g/mol. The summed E-state index contributed by atoms with van der Waals surface area (Å²) < 4.78 is 29.4. The van der Waals surface area contributed by atoms with E-state index in [4.69, 9.17) is 0 Å². The number of hydrogen-bond acceptors (Lipinski definition) is 4. The molecule has 0 amide bonds. The van der Waals surface area contributed by atoms with Gasteiger partial charge < -0.3 is 15.4 Å². The molecular formula is C14H17F2N3O. The number of aliphatic imine (C=N–C) groups is 1. The minimum absolute atomic E-state index is 0.205. The van der Waals surface area contributed by atoms with Gasteiger partial charge in [-0.25, -0.2) is 0 Å². The zero-order valence-electron chi connectivity index (χ0n) is 11.0. The van der Waals surface area contributed by atoms with Crippen molar-refractivity contribution in [3.05, 3.63) is 29.8 Å². The molecule has 4 nitrogen and oxygen atoms in total. The average molecular weight is 281 g/mol. The molecule has 0 bridgehead atoms. The van der Waals surface area contributed by atoms with Crippen LogP contribution in [0, 0.1) is 0 Å². The summed E-state index contributed by atoms with van der Waals surface area (Å²) >= 11 is 0. The summed E-state index contributed by atoms with van der Waals surface area (Å²) in [5.41, 5.74) is 0.835. The quantitative estimate of drug-likeness (QED) is 0.888. The second-order valence-electron chi connectivity index (χ2n) is 5.02. The van der Waals surface area contributed by atoms with E-state index < -0.39 is 6.61 Å². The van der Waals surface area contributed by atoms with Crippen molar-refractivity contribution in [2.45, 2.75) is 31.4 Å². The molecule has 0 unspecified atom stereocenters. The van der Waals surface area contributed by atoms with Crippen molar-refractivity contribution in [1.29, 1.82) is 0 Å². The topological polar surface area (TPSA) is 45.6 Å². The Morgan fingerprint density at radius 1 is 1.35 bits per heavy atom. The molecule has 1 aliphatic carbocycles. The van der Waals surface area contributed by atoms with E-state index in [0.29, 0.717) is 0 Å². The van der Waals surface area contributed by atoms with Crippen LogP contribution in [0.4, 0.5) is 8.78 Å². The summed E-state index contributed by atoms with van der Waals surface area (Å²) in [5, 5.41) is 6.51. The van der Waals surface area contributed by atoms with Gasteiger partial charge in [0.1, 0.15) is 5.75 Å². The number of nitrogens with one attached hydrogen (secondary N) is 2. The lowest BCUT2D eigenvalue weighted by atomic mass is 10.1. The lowest BCUT2D eigenvalue weighted by Gasteiger charge is -2.16. The Bertz CT molecular complexity index is 507. The van der Waals surface area contributed by atoms with Gasteiger partial charge in [0.15, 0.2) is 5.96 Å². The summed E-state index contributed by atoms with van der Waals surface area (Å²) in [7, 11) is 0. The second-order valence-corrected chi connectivity index (χ2v) is 5.02. The normalized spacial score (nSPS) is 24.9. The number of halogens is 2. The van der Waals surface area contributed by atoms with Gasteiger partial charge in [-0.1, -0.05) is 18.2 Å². The summed E-state index contributed by atoms with van der Waals surface area (Å²) in [6.07, 6.45) is 1.95. The Hall–Kier alpha value is -1.85. The molecule has 0 radical (unpaired) electrons. The minimum Gasteiger partial charge on any atom is -0.435 e. The van der Waals surface area contributed by atoms with E-state index in [1.54, 1.807) is 12.1 Å². The van der Waals surface area contributed by atoms with E-state index in [1.165, 1.54) is 0 Å². The Balaban J connectivity index is 1.65. The SMILES string of the molecule is FC(F)Oc1ccccc1[C@H]1C[C@@H]1NC1=NCCCN1. The molecule has 0 saturated heterocycles. The van der Waals surface area contributed by atoms with Crippen LogP contribution in [0.5, 0.6) is 5.75 Å². The van der Waals surface area contributed by atoms with E-state index in [1.807, 2.05) is 12.1 Å². The van der Waals surface area contributed by atoms with Crippen LogP contribution in [0.2, 0.25) is 0 Å². The molecular weight excluding hydrogens is 264 g/mol. The number of hydrogen-bond donors (Lipinski definition) is 2. The summed E-state index contributed by atoms with van der Waals surface area (Å²) in [4.78, 5) is 4.35. The van der Waals surface area contributed by atoms with Gasteiger partial charge in [0.25, 0.3) is 0 Å². The highest BCUT2D eigenvalue weighted by atomic mass is 19.3. The smallest absolute Gasteiger partial charge is 0.387 e. The third kappa shape index (κ3) is 3.00. The molecule has 2 aliphatic rings. The van der Waals surface area contributed by atoms with Gasteiger partial charge >= 0.3 is 6.61 Å². The first-order valence-corrected chi connectivity index (χ1v) is 6.82. The van der Waals surface area contributed by atoms with Crippen molar-refractivity contribution in [2.24, 2.45) is 4.99 Å². The second kappa shape index (κ2) is 5.64. The maximum absolute atomic E-state index is 12.4. The highest BCUT2D eigenvalue weighted by Crippen LogP contribution is 2.44. The average Bonchev–Trinajstić information content (AvgIpc) is 3.19. The number of para-hydroxylation sites is 1. The maximum Gasteiger partial charge on any atom is 0.387 e. The van der Waals surface area contributed by atoms with Gasteiger partial charge in [-0.3, -0.25) is 4.99 Å². The number of alkyl halides is 2. The molecule has 6 heteroatoms. The number of guanidine groups is 1. The maximum atomic E-state index is 12.4. The van der Waals surface area contributed by atoms with Crippen molar-refractivity contribution in [1.82, 2.24) is 10.6 Å². The first kappa shape index (κ1) is 13.1. The molecule has 2 N–H and O–H groups in total. The number of benzene rings is 1. The molecule has 1 heterocycles. The van der Waals surface area contributed by atoms with Crippen molar-refractivity contribution in [2.75, 3.05) is 13.1 Å². The van der Waals surface area contributed by atoms with Gasteiger partial charge in [0.05, 0.1) is 0 Å². The molecule has 1 aliphatic heterocycles. The third-order valence-electron chi connectivity index (χ3n) is 3.54. The zero-order chi connectivity index (χ0) is 13.9.